The quantitative estimate of drug-likeness (QED) is 0.606. The van der Waals surface area contributed by atoms with Crippen molar-refractivity contribution in [1.29, 1.82) is 0 Å². The Bertz CT molecular complexity index is 1510. The summed E-state index contributed by atoms with van der Waals surface area (Å²) < 4.78 is 20.8. The molecule has 2 aromatic rings. The van der Waals surface area contributed by atoms with E-state index in [1.165, 1.54) is 30.1 Å². The number of hydrogen-bond acceptors (Lipinski definition) is 6. The van der Waals surface area contributed by atoms with Crippen LogP contribution in [0.5, 0.6) is 5.75 Å². The molecule has 0 aromatic heterocycles. The number of carbonyl (C=O) groups is 5. The van der Waals surface area contributed by atoms with E-state index in [-0.39, 0.29) is 48.7 Å². The second-order valence-corrected chi connectivity index (χ2v) is 11.0. The number of nitrogens with zero attached hydrogens (tertiary/aromatic N) is 3. The lowest BCUT2D eigenvalue weighted by Crippen LogP contribution is -2.52. The first kappa shape index (κ1) is 23.8. The molecule has 1 atom stereocenters. The van der Waals surface area contributed by atoms with Crippen LogP contribution >= 0.6 is 0 Å². The average molecular weight is 533 g/mol. The average Bonchev–Trinajstić information content (AvgIpc) is 3.83. The zero-order chi connectivity index (χ0) is 27.2. The Morgan fingerprint density at radius 3 is 2.56 bits per heavy atom. The first-order valence-electron chi connectivity index (χ1n) is 13.1. The third-order valence-electron chi connectivity index (χ3n) is 8.47. The van der Waals surface area contributed by atoms with Gasteiger partial charge in [-0.25, -0.2) is 9.18 Å². The van der Waals surface area contributed by atoms with Gasteiger partial charge in [0.15, 0.2) is 0 Å². The van der Waals surface area contributed by atoms with Crippen molar-refractivity contribution in [3.05, 3.63) is 52.8 Å². The molecule has 1 saturated heterocycles. The molecular formula is C28H25FN4O6. The maximum Gasteiger partial charge on any atom is 0.419 e. The molecular weight excluding hydrogens is 507 g/mol. The minimum atomic E-state index is -0.852. The molecule has 1 spiro atoms. The number of benzene rings is 2. The fourth-order valence-electron chi connectivity index (χ4n) is 6.01. The molecule has 200 valence electrons. The van der Waals surface area contributed by atoms with E-state index in [0.717, 1.165) is 23.3 Å². The number of hydrogen-bond donors (Lipinski definition) is 1. The number of nitrogens with one attached hydrogen (secondary N) is 1. The molecule has 11 heteroatoms. The van der Waals surface area contributed by atoms with E-state index in [0.29, 0.717) is 29.7 Å². The van der Waals surface area contributed by atoms with Crippen LogP contribution < -0.4 is 19.9 Å². The van der Waals surface area contributed by atoms with Crippen molar-refractivity contribution in [3.8, 4) is 5.75 Å². The molecule has 3 aliphatic heterocycles. The number of carbonyl (C=O) groups excluding carboxylic acids is 5. The number of imide groups is 1. The Morgan fingerprint density at radius 1 is 1.10 bits per heavy atom. The lowest BCUT2D eigenvalue weighted by Gasteiger charge is -2.29. The molecule has 0 bridgehead atoms. The van der Waals surface area contributed by atoms with E-state index < -0.39 is 35.2 Å². The van der Waals surface area contributed by atoms with Crippen LogP contribution in [-0.2, 0) is 26.3 Å². The second-order valence-electron chi connectivity index (χ2n) is 11.0. The number of ether oxygens (including phenoxy) is 1. The number of amides is 5. The van der Waals surface area contributed by atoms with Gasteiger partial charge in [-0.15, -0.1) is 0 Å². The van der Waals surface area contributed by atoms with Crippen LogP contribution in [0.25, 0.3) is 0 Å². The molecule has 7 rings (SSSR count). The van der Waals surface area contributed by atoms with E-state index in [2.05, 4.69) is 5.32 Å². The van der Waals surface area contributed by atoms with Gasteiger partial charge in [0.25, 0.3) is 5.91 Å². The highest BCUT2D eigenvalue weighted by molar-refractivity contribution is 6.11. The fraction of sp³-hybridized carbons (Fsp3) is 0.393. The van der Waals surface area contributed by atoms with Gasteiger partial charge >= 0.3 is 6.09 Å². The number of piperidine rings is 1. The van der Waals surface area contributed by atoms with Crippen LogP contribution in [0.2, 0.25) is 0 Å². The topological polar surface area (TPSA) is 116 Å². The van der Waals surface area contributed by atoms with Gasteiger partial charge < -0.3 is 14.5 Å². The zero-order valence-electron chi connectivity index (χ0n) is 21.2. The van der Waals surface area contributed by atoms with Crippen molar-refractivity contribution >= 4 is 41.1 Å². The van der Waals surface area contributed by atoms with Gasteiger partial charge in [-0.2, -0.15) is 0 Å². The fourth-order valence-corrected chi connectivity index (χ4v) is 6.01. The monoisotopic (exact) mass is 532 g/mol. The highest BCUT2D eigenvalue weighted by atomic mass is 19.1. The minimum Gasteiger partial charge on any atom is -0.410 e. The van der Waals surface area contributed by atoms with E-state index >= 15 is 4.39 Å². The van der Waals surface area contributed by atoms with Crippen molar-refractivity contribution < 1.29 is 33.1 Å². The Balaban J connectivity index is 1.10. The van der Waals surface area contributed by atoms with Crippen LogP contribution in [0.4, 0.5) is 20.6 Å². The van der Waals surface area contributed by atoms with Crippen LogP contribution in [-0.4, -0.2) is 53.8 Å². The standard InChI is InChI=1S/C28H25FN4O6/c1-31(22-11-18-21(12-19(22)29)33(15-3-4-15)26(37)28(18)8-9-28)27(38)39-16-5-2-14-13-32(25(36)17(14)10-16)20-6-7-23(34)30-24(20)35/h2,5,10-12,15,20H,3-4,6-9,13H2,1H3,(H,30,34,35). The van der Waals surface area contributed by atoms with E-state index in [1.54, 1.807) is 17.0 Å². The van der Waals surface area contributed by atoms with Crippen molar-refractivity contribution in [2.75, 3.05) is 16.8 Å². The van der Waals surface area contributed by atoms with Crippen LogP contribution in [0, 0.1) is 5.82 Å². The molecule has 1 unspecified atom stereocenters. The van der Waals surface area contributed by atoms with Crippen molar-refractivity contribution in [2.45, 2.75) is 62.6 Å². The highest BCUT2D eigenvalue weighted by Gasteiger charge is 2.61. The minimum absolute atomic E-state index is 0.0109. The van der Waals surface area contributed by atoms with Gasteiger partial charge in [0.1, 0.15) is 17.6 Å². The highest BCUT2D eigenvalue weighted by Crippen LogP contribution is 2.60. The smallest absolute Gasteiger partial charge is 0.410 e. The predicted octanol–water partition coefficient (Wildman–Crippen LogP) is 2.76. The van der Waals surface area contributed by atoms with Crippen molar-refractivity contribution in [1.82, 2.24) is 10.2 Å². The van der Waals surface area contributed by atoms with Gasteiger partial charge in [0.05, 0.1) is 16.8 Å². The molecule has 0 radical (unpaired) electrons. The van der Waals surface area contributed by atoms with Gasteiger partial charge in [-0.05, 0) is 61.4 Å². The Kier molecular flexibility index (Phi) is 4.95. The van der Waals surface area contributed by atoms with Gasteiger partial charge in [0, 0.05) is 37.7 Å². The third kappa shape index (κ3) is 3.55. The van der Waals surface area contributed by atoms with E-state index in [1.807, 2.05) is 0 Å². The van der Waals surface area contributed by atoms with Gasteiger partial charge in [-0.1, -0.05) is 6.07 Å². The molecule has 3 fully saturated rings. The summed E-state index contributed by atoms with van der Waals surface area (Å²) in [7, 11) is 1.39. The Hall–Kier alpha value is -4.28. The number of fused-ring (bicyclic) bond motifs is 3. The summed E-state index contributed by atoms with van der Waals surface area (Å²) in [5.41, 5.74) is 1.72. The summed E-state index contributed by atoms with van der Waals surface area (Å²) in [4.78, 5) is 67.2. The molecule has 1 N–H and O–H groups in total. The lowest BCUT2D eigenvalue weighted by molar-refractivity contribution is -0.137. The van der Waals surface area contributed by atoms with Gasteiger partial charge in [-0.3, -0.25) is 29.4 Å². The SMILES string of the molecule is CN(C(=O)Oc1ccc2c(c1)C(=O)N(C1CCC(=O)NC1=O)C2)c1cc2c(cc1F)N(C1CC1)C(=O)C21CC1. The first-order valence-corrected chi connectivity index (χ1v) is 13.1. The molecule has 2 aromatic carbocycles. The first-order chi connectivity index (χ1) is 18.7. The molecule has 39 heavy (non-hydrogen) atoms. The molecule has 2 aliphatic carbocycles. The Morgan fingerprint density at radius 2 is 1.87 bits per heavy atom. The maximum absolute atomic E-state index is 15.3. The van der Waals surface area contributed by atoms with Crippen LogP contribution in [0.15, 0.2) is 30.3 Å². The number of rotatable bonds is 4. The van der Waals surface area contributed by atoms with E-state index in [9.17, 15) is 24.0 Å². The summed E-state index contributed by atoms with van der Waals surface area (Å²) in [6.45, 7) is 0.202. The summed E-state index contributed by atoms with van der Waals surface area (Å²) in [6.07, 6.45) is 2.78. The maximum atomic E-state index is 15.3. The van der Waals surface area contributed by atoms with E-state index in [4.69, 9.17) is 4.74 Å². The van der Waals surface area contributed by atoms with Crippen molar-refractivity contribution in [3.63, 3.8) is 0 Å². The van der Waals surface area contributed by atoms with Gasteiger partial charge in [0.2, 0.25) is 17.7 Å². The molecule has 10 nitrogen and oxygen atoms in total. The van der Waals surface area contributed by atoms with Crippen molar-refractivity contribution in [2.24, 2.45) is 0 Å². The second kappa shape index (κ2) is 8.11. The predicted molar refractivity (Wildman–Crippen MR) is 135 cm³/mol. The molecule has 5 aliphatic rings. The lowest BCUT2D eigenvalue weighted by atomic mass is 9.97. The van der Waals surface area contributed by atoms with Crippen LogP contribution in [0.1, 0.15) is 60.0 Å². The largest absolute Gasteiger partial charge is 0.419 e. The summed E-state index contributed by atoms with van der Waals surface area (Å²) in [5.74, 6) is -1.77. The number of anilines is 2. The summed E-state index contributed by atoms with van der Waals surface area (Å²) in [5, 5.41) is 2.26. The molecule has 3 heterocycles. The molecule has 5 amide bonds. The third-order valence-corrected chi connectivity index (χ3v) is 8.47. The Labute approximate surface area is 222 Å². The number of halogens is 1. The van der Waals surface area contributed by atoms with Crippen LogP contribution in [0.3, 0.4) is 0 Å². The zero-order valence-corrected chi connectivity index (χ0v) is 21.2. The summed E-state index contributed by atoms with van der Waals surface area (Å²) >= 11 is 0. The normalized spacial score (nSPS) is 22.7. The summed E-state index contributed by atoms with van der Waals surface area (Å²) in [6, 6.07) is 6.92. The molecule has 2 saturated carbocycles.